The van der Waals surface area contributed by atoms with Crippen molar-refractivity contribution in [3.63, 3.8) is 0 Å². The van der Waals surface area contributed by atoms with Crippen LogP contribution in [0.2, 0.25) is 0 Å². The molecule has 3 atom stereocenters. The molecule has 3 aliphatic rings. The Balaban J connectivity index is 0.000000325. The maximum absolute atomic E-state index is 14.9. The number of anilines is 1. The van der Waals surface area contributed by atoms with E-state index in [0.29, 0.717) is 24.6 Å². The minimum Gasteiger partial charge on any atom is -0.392 e. The van der Waals surface area contributed by atoms with E-state index in [2.05, 4.69) is 15.6 Å². The summed E-state index contributed by atoms with van der Waals surface area (Å²) in [5, 5.41) is 14.8. The normalized spacial score (nSPS) is 22.8. The van der Waals surface area contributed by atoms with Gasteiger partial charge in [-0.2, -0.15) is 0 Å². The summed E-state index contributed by atoms with van der Waals surface area (Å²) in [5.74, 6) is 0.136. The molecule has 2 aromatic rings. The molecular formula is C28H37FN4O3. The lowest BCUT2D eigenvalue weighted by Gasteiger charge is -2.32. The third kappa shape index (κ3) is 6.89. The summed E-state index contributed by atoms with van der Waals surface area (Å²) in [5.41, 5.74) is 2.26. The van der Waals surface area contributed by atoms with Crippen LogP contribution < -0.4 is 15.5 Å². The molecule has 8 heteroatoms. The molecule has 0 bridgehead atoms. The number of halogens is 1. The fourth-order valence-electron chi connectivity index (χ4n) is 5.09. The lowest BCUT2D eigenvalue weighted by molar-refractivity contribution is -0.123. The van der Waals surface area contributed by atoms with E-state index in [0.717, 1.165) is 55.9 Å². The van der Waals surface area contributed by atoms with Crippen LogP contribution >= 0.6 is 0 Å². The molecule has 2 heterocycles. The van der Waals surface area contributed by atoms with Crippen molar-refractivity contribution in [3.05, 3.63) is 59.7 Å². The van der Waals surface area contributed by atoms with Crippen molar-refractivity contribution >= 4 is 17.9 Å². The van der Waals surface area contributed by atoms with E-state index < -0.39 is 6.04 Å². The number of β-amino-alcohol motifs (C(OH)–C–C–N with tert-alkyl or cyclic N) is 1. The first kappa shape index (κ1) is 26.2. The second-order valence-corrected chi connectivity index (χ2v) is 10.2. The first-order valence-electron chi connectivity index (χ1n) is 13.1. The molecule has 3 N–H and O–H groups in total. The quantitative estimate of drug-likeness (QED) is 0.507. The molecule has 2 saturated carbocycles. The molecule has 1 amide bonds. The van der Waals surface area contributed by atoms with Crippen molar-refractivity contribution in [2.45, 2.75) is 81.5 Å². The lowest BCUT2D eigenvalue weighted by Crippen LogP contribution is -2.44. The molecule has 194 valence electrons. The molecule has 3 fully saturated rings. The van der Waals surface area contributed by atoms with Crippen molar-refractivity contribution in [2.75, 3.05) is 18.5 Å². The number of pyridine rings is 1. The molecule has 1 aliphatic heterocycles. The van der Waals surface area contributed by atoms with E-state index in [4.69, 9.17) is 5.11 Å². The number of carbonyl (C=O) groups excluding carboxylic acids is 2. The Morgan fingerprint density at radius 3 is 2.56 bits per heavy atom. The van der Waals surface area contributed by atoms with Crippen LogP contribution in [0.25, 0.3) is 0 Å². The number of benzene rings is 1. The highest BCUT2D eigenvalue weighted by Gasteiger charge is 2.30. The molecule has 1 aromatic carbocycles. The number of hydrogen-bond acceptors (Lipinski definition) is 6. The number of aldehydes is 1. The third-order valence-corrected chi connectivity index (χ3v) is 7.29. The predicted octanol–water partition coefficient (Wildman–Crippen LogP) is 3.63. The maximum atomic E-state index is 14.9. The fraction of sp³-hybridized carbons (Fsp3) is 0.536. The van der Waals surface area contributed by atoms with Gasteiger partial charge in [0, 0.05) is 37.6 Å². The van der Waals surface area contributed by atoms with E-state index >= 15 is 0 Å². The Labute approximate surface area is 212 Å². The van der Waals surface area contributed by atoms with Crippen LogP contribution in [0.5, 0.6) is 0 Å². The van der Waals surface area contributed by atoms with Crippen LogP contribution in [0, 0.1) is 5.82 Å². The molecule has 2 aliphatic carbocycles. The zero-order valence-electron chi connectivity index (χ0n) is 20.9. The van der Waals surface area contributed by atoms with Gasteiger partial charge in [0.15, 0.2) is 0 Å². The molecule has 3 unspecified atom stereocenters. The average Bonchev–Trinajstić information content (AvgIpc) is 3.66. The van der Waals surface area contributed by atoms with Crippen molar-refractivity contribution in [1.82, 2.24) is 15.6 Å². The number of aromatic nitrogens is 1. The van der Waals surface area contributed by atoms with Crippen molar-refractivity contribution in [3.8, 4) is 0 Å². The van der Waals surface area contributed by atoms with Gasteiger partial charge in [0.05, 0.1) is 17.8 Å². The van der Waals surface area contributed by atoms with Crippen LogP contribution in [0.4, 0.5) is 10.1 Å². The van der Waals surface area contributed by atoms with E-state index in [1.807, 2.05) is 18.2 Å². The van der Waals surface area contributed by atoms with Gasteiger partial charge in [-0.3, -0.25) is 9.78 Å². The average molecular weight is 497 g/mol. The van der Waals surface area contributed by atoms with E-state index in [1.54, 1.807) is 36.5 Å². The van der Waals surface area contributed by atoms with Crippen LogP contribution in [-0.2, 0) is 9.59 Å². The predicted molar refractivity (Wildman–Crippen MR) is 137 cm³/mol. The monoisotopic (exact) mass is 496 g/mol. The second kappa shape index (κ2) is 12.4. The summed E-state index contributed by atoms with van der Waals surface area (Å²) in [7, 11) is 1.79. The number of rotatable bonds is 7. The van der Waals surface area contributed by atoms with Crippen molar-refractivity contribution < 1.29 is 19.1 Å². The molecule has 7 nitrogen and oxygen atoms in total. The number of carbonyl (C=O) groups is 2. The van der Waals surface area contributed by atoms with Gasteiger partial charge in [0.1, 0.15) is 18.1 Å². The summed E-state index contributed by atoms with van der Waals surface area (Å²) < 4.78 is 14.9. The molecule has 1 aromatic heterocycles. The van der Waals surface area contributed by atoms with Gasteiger partial charge in [-0.25, -0.2) is 4.39 Å². The van der Waals surface area contributed by atoms with Crippen molar-refractivity contribution in [1.29, 1.82) is 0 Å². The van der Waals surface area contributed by atoms with E-state index in [-0.39, 0.29) is 29.9 Å². The largest absolute Gasteiger partial charge is 0.392 e. The molecular weight excluding hydrogens is 459 g/mol. The summed E-state index contributed by atoms with van der Waals surface area (Å²) in [6, 6.07) is 8.61. The highest BCUT2D eigenvalue weighted by atomic mass is 19.1. The Hall–Kier alpha value is -2.84. The summed E-state index contributed by atoms with van der Waals surface area (Å²) >= 11 is 0. The maximum Gasteiger partial charge on any atom is 0.247 e. The SMILES string of the molecule is CN(c1ccc(C2CC2)cc1F)C(C(=O)NC1CCCCC1)c1cccnc1.O=CC1CC(O)CN1. The summed E-state index contributed by atoms with van der Waals surface area (Å²) in [4.78, 5) is 29.1. The Morgan fingerprint density at radius 2 is 2.00 bits per heavy atom. The van der Waals surface area contributed by atoms with E-state index in [9.17, 15) is 14.0 Å². The molecule has 5 rings (SSSR count). The zero-order chi connectivity index (χ0) is 25.5. The standard InChI is InChI=1S/C23H28FN3O.C5H9NO2/c1-27(21-12-11-17(14-20(21)24)16-9-10-16)22(18-6-5-13-25-15-18)23(28)26-19-7-3-2-4-8-19;7-3-4-1-5(8)2-6-4/h5-6,11-16,19,22H,2-4,7-10H2,1H3,(H,26,28);3-6,8H,1-2H2. The molecule has 36 heavy (non-hydrogen) atoms. The smallest absolute Gasteiger partial charge is 0.247 e. The van der Waals surface area contributed by atoms with Crippen LogP contribution in [0.15, 0.2) is 42.7 Å². The number of likely N-dealkylation sites (N-methyl/N-ethyl adjacent to an activating group) is 1. The first-order chi connectivity index (χ1) is 17.5. The number of nitrogens with zero attached hydrogens (tertiary/aromatic N) is 2. The van der Waals surface area contributed by atoms with Crippen LogP contribution in [0.1, 0.15) is 74.5 Å². The van der Waals surface area contributed by atoms with Gasteiger partial charge < -0.3 is 25.4 Å². The Bertz CT molecular complexity index is 1010. The highest BCUT2D eigenvalue weighted by Crippen LogP contribution is 2.41. The van der Waals surface area contributed by atoms with Crippen LogP contribution in [0.3, 0.4) is 0 Å². The van der Waals surface area contributed by atoms with Crippen LogP contribution in [-0.4, -0.2) is 54.1 Å². The summed E-state index contributed by atoms with van der Waals surface area (Å²) in [6.45, 7) is 0.559. The van der Waals surface area contributed by atoms with E-state index in [1.165, 1.54) is 6.42 Å². The highest BCUT2D eigenvalue weighted by molar-refractivity contribution is 5.86. The van der Waals surface area contributed by atoms with Gasteiger partial charge in [-0.15, -0.1) is 0 Å². The van der Waals surface area contributed by atoms with Gasteiger partial charge in [-0.1, -0.05) is 31.4 Å². The number of amides is 1. The van der Waals surface area contributed by atoms with Gasteiger partial charge in [0.25, 0.3) is 0 Å². The Morgan fingerprint density at radius 1 is 1.22 bits per heavy atom. The Kier molecular flexibility index (Phi) is 9.04. The minimum absolute atomic E-state index is 0.0898. The number of nitrogens with one attached hydrogen (secondary N) is 2. The third-order valence-electron chi connectivity index (χ3n) is 7.29. The number of hydrogen-bond donors (Lipinski definition) is 3. The lowest BCUT2D eigenvalue weighted by atomic mass is 9.95. The second-order valence-electron chi connectivity index (χ2n) is 10.2. The molecule has 0 spiro atoms. The first-order valence-corrected chi connectivity index (χ1v) is 13.1. The summed E-state index contributed by atoms with van der Waals surface area (Å²) in [6.07, 6.45) is 12.3. The topological polar surface area (TPSA) is 94.6 Å². The number of aliphatic hydroxyl groups excluding tert-OH is 1. The zero-order valence-corrected chi connectivity index (χ0v) is 20.9. The molecule has 0 radical (unpaired) electrons. The minimum atomic E-state index is -0.614. The van der Waals surface area contributed by atoms with Gasteiger partial charge in [-0.05, 0) is 61.8 Å². The van der Waals surface area contributed by atoms with Gasteiger partial charge in [0.2, 0.25) is 5.91 Å². The fourth-order valence-corrected chi connectivity index (χ4v) is 5.09. The van der Waals surface area contributed by atoms with Gasteiger partial charge >= 0.3 is 0 Å². The molecule has 1 saturated heterocycles. The number of aliphatic hydroxyl groups is 1. The van der Waals surface area contributed by atoms with Crippen molar-refractivity contribution in [2.24, 2.45) is 0 Å².